The van der Waals surface area contributed by atoms with Crippen molar-refractivity contribution in [1.29, 1.82) is 0 Å². The lowest BCUT2D eigenvalue weighted by Crippen LogP contribution is -2.53. The minimum absolute atomic E-state index is 0.659. The second-order valence-corrected chi connectivity index (χ2v) is 3.05. The van der Waals surface area contributed by atoms with Gasteiger partial charge in [0.25, 0.3) is 0 Å². The molecule has 0 radical (unpaired) electrons. The van der Waals surface area contributed by atoms with E-state index in [0.29, 0.717) is 6.04 Å². The first-order valence-corrected chi connectivity index (χ1v) is 4.21. The zero-order chi connectivity index (χ0) is 7.56. The van der Waals surface area contributed by atoms with Gasteiger partial charge in [-0.3, -0.25) is 0 Å². The summed E-state index contributed by atoms with van der Waals surface area (Å²) in [5.74, 6) is 0. The summed E-state index contributed by atoms with van der Waals surface area (Å²) >= 11 is 5.12. The molecule has 1 unspecified atom stereocenters. The van der Waals surface area contributed by atoms with Crippen molar-refractivity contribution in [2.75, 3.05) is 13.1 Å². The Bertz CT molecular complexity index is 136. The molecule has 0 aliphatic carbocycles. The second kappa shape index (κ2) is 3.19. The van der Waals surface area contributed by atoms with Crippen molar-refractivity contribution < 1.29 is 0 Å². The van der Waals surface area contributed by atoms with E-state index in [4.69, 9.17) is 12.2 Å². The molecular weight excluding hydrogens is 144 g/mol. The van der Waals surface area contributed by atoms with E-state index in [0.717, 1.165) is 18.2 Å². The fourth-order valence-corrected chi connectivity index (χ4v) is 1.49. The van der Waals surface area contributed by atoms with Gasteiger partial charge in [-0.05, 0) is 32.5 Å². The molecule has 0 aromatic carbocycles. The maximum absolute atomic E-state index is 5.12. The molecule has 0 saturated carbocycles. The molecule has 1 aliphatic rings. The monoisotopic (exact) mass is 158 g/mol. The van der Waals surface area contributed by atoms with Gasteiger partial charge in [0.05, 0.1) is 0 Å². The molecule has 1 rings (SSSR count). The number of thiocarbonyl (C=S) groups is 1. The smallest absolute Gasteiger partial charge is 0.169 e. The Morgan fingerprint density at radius 3 is 2.80 bits per heavy atom. The molecule has 1 aliphatic heterocycles. The Morgan fingerprint density at radius 1 is 1.80 bits per heavy atom. The molecule has 0 bridgehead atoms. The van der Waals surface area contributed by atoms with E-state index in [1.54, 1.807) is 0 Å². The predicted octanol–water partition coefficient (Wildman–Crippen LogP) is 0.975. The molecular formula is C7H14N2S. The van der Waals surface area contributed by atoms with Gasteiger partial charge >= 0.3 is 0 Å². The lowest BCUT2D eigenvalue weighted by molar-refractivity contribution is 0.201. The number of hydrogen-bond acceptors (Lipinski definition) is 1. The van der Waals surface area contributed by atoms with Crippen molar-refractivity contribution in [3.63, 3.8) is 0 Å². The lowest BCUT2D eigenvalue weighted by atomic mass is 10.1. The maximum Gasteiger partial charge on any atom is 0.169 e. The van der Waals surface area contributed by atoms with E-state index >= 15 is 0 Å². The summed E-state index contributed by atoms with van der Waals surface area (Å²) in [5, 5.41) is 4.05. The fourth-order valence-electron chi connectivity index (χ4n) is 1.07. The number of nitrogens with one attached hydrogen (secondary N) is 1. The molecule has 1 saturated heterocycles. The quantitative estimate of drug-likeness (QED) is 0.573. The van der Waals surface area contributed by atoms with E-state index in [2.05, 4.69) is 24.1 Å². The zero-order valence-electron chi connectivity index (χ0n) is 6.55. The van der Waals surface area contributed by atoms with Crippen LogP contribution in [0.4, 0.5) is 0 Å². The van der Waals surface area contributed by atoms with Crippen molar-refractivity contribution in [2.24, 2.45) is 0 Å². The SMILES string of the molecule is CCNC(=S)N1CCC1C. The third-order valence-corrected chi connectivity index (χ3v) is 2.29. The van der Waals surface area contributed by atoms with E-state index in [1.807, 2.05) is 0 Å². The van der Waals surface area contributed by atoms with Crippen molar-refractivity contribution in [1.82, 2.24) is 10.2 Å². The molecule has 1 N–H and O–H groups in total. The van der Waals surface area contributed by atoms with Crippen LogP contribution in [0.2, 0.25) is 0 Å². The molecule has 10 heavy (non-hydrogen) atoms. The Morgan fingerprint density at radius 2 is 2.50 bits per heavy atom. The molecule has 1 heterocycles. The van der Waals surface area contributed by atoms with Gasteiger partial charge in [0.2, 0.25) is 0 Å². The highest BCUT2D eigenvalue weighted by molar-refractivity contribution is 7.80. The zero-order valence-corrected chi connectivity index (χ0v) is 7.37. The van der Waals surface area contributed by atoms with Gasteiger partial charge in [0.15, 0.2) is 5.11 Å². The Kier molecular flexibility index (Phi) is 2.49. The average Bonchev–Trinajstić information content (AvgIpc) is 1.85. The van der Waals surface area contributed by atoms with Crippen LogP contribution in [-0.4, -0.2) is 29.1 Å². The third kappa shape index (κ3) is 1.40. The summed E-state index contributed by atoms with van der Waals surface area (Å²) in [6.07, 6.45) is 1.28. The van der Waals surface area contributed by atoms with Gasteiger partial charge < -0.3 is 10.2 Å². The highest BCUT2D eigenvalue weighted by Gasteiger charge is 2.24. The van der Waals surface area contributed by atoms with Crippen LogP contribution in [0.3, 0.4) is 0 Å². The van der Waals surface area contributed by atoms with Gasteiger partial charge in [-0.25, -0.2) is 0 Å². The summed E-state index contributed by atoms with van der Waals surface area (Å²) in [5.41, 5.74) is 0. The van der Waals surface area contributed by atoms with E-state index in [1.165, 1.54) is 6.42 Å². The topological polar surface area (TPSA) is 15.3 Å². The van der Waals surface area contributed by atoms with E-state index in [-0.39, 0.29) is 0 Å². The van der Waals surface area contributed by atoms with Gasteiger partial charge in [-0.1, -0.05) is 0 Å². The standard InChI is InChI=1S/C7H14N2S/c1-3-8-7(10)9-5-4-6(9)2/h6H,3-5H2,1-2H3,(H,8,10). The molecule has 1 atom stereocenters. The fraction of sp³-hybridized carbons (Fsp3) is 0.857. The Labute approximate surface area is 67.6 Å². The summed E-state index contributed by atoms with van der Waals surface area (Å²) < 4.78 is 0. The Hall–Kier alpha value is -0.310. The summed E-state index contributed by atoms with van der Waals surface area (Å²) in [6, 6.07) is 0.659. The van der Waals surface area contributed by atoms with Crippen LogP contribution in [0.25, 0.3) is 0 Å². The van der Waals surface area contributed by atoms with Crippen LogP contribution in [0.1, 0.15) is 20.3 Å². The highest BCUT2D eigenvalue weighted by atomic mass is 32.1. The number of nitrogens with zero attached hydrogens (tertiary/aromatic N) is 1. The van der Waals surface area contributed by atoms with Crippen molar-refractivity contribution >= 4 is 17.3 Å². The molecule has 0 spiro atoms. The molecule has 0 aromatic rings. The highest BCUT2D eigenvalue weighted by Crippen LogP contribution is 2.15. The first kappa shape index (κ1) is 7.79. The van der Waals surface area contributed by atoms with Crippen LogP contribution in [-0.2, 0) is 0 Å². The van der Waals surface area contributed by atoms with Crippen LogP contribution >= 0.6 is 12.2 Å². The Balaban J connectivity index is 2.27. The van der Waals surface area contributed by atoms with Crippen LogP contribution in [0.15, 0.2) is 0 Å². The largest absolute Gasteiger partial charge is 0.363 e. The van der Waals surface area contributed by atoms with Crippen LogP contribution in [0.5, 0.6) is 0 Å². The van der Waals surface area contributed by atoms with Gasteiger partial charge in [0.1, 0.15) is 0 Å². The summed E-state index contributed by atoms with van der Waals surface area (Å²) in [6.45, 7) is 6.33. The predicted molar refractivity (Wildman–Crippen MR) is 47.1 cm³/mol. The molecule has 1 fully saturated rings. The second-order valence-electron chi connectivity index (χ2n) is 2.67. The molecule has 3 heteroatoms. The van der Waals surface area contributed by atoms with Crippen molar-refractivity contribution in [3.8, 4) is 0 Å². The summed E-state index contributed by atoms with van der Waals surface area (Å²) in [4.78, 5) is 2.22. The summed E-state index contributed by atoms with van der Waals surface area (Å²) in [7, 11) is 0. The lowest BCUT2D eigenvalue weighted by Gasteiger charge is -2.40. The average molecular weight is 158 g/mol. The third-order valence-electron chi connectivity index (χ3n) is 1.91. The molecule has 58 valence electrons. The van der Waals surface area contributed by atoms with E-state index < -0.39 is 0 Å². The van der Waals surface area contributed by atoms with Crippen LogP contribution in [0, 0.1) is 0 Å². The number of hydrogen-bond donors (Lipinski definition) is 1. The normalized spacial score (nSPS) is 23.8. The van der Waals surface area contributed by atoms with E-state index in [9.17, 15) is 0 Å². The molecule has 0 amide bonds. The molecule has 2 nitrogen and oxygen atoms in total. The van der Waals surface area contributed by atoms with Crippen molar-refractivity contribution in [3.05, 3.63) is 0 Å². The maximum atomic E-state index is 5.12. The van der Waals surface area contributed by atoms with Gasteiger partial charge in [-0.15, -0.1) is 0 Å². The van der Waals surface area contributed by atoms with Gasteiger partial charge in [0, 0.05) is 19.1 Å². The minimum Gasteiger partial charge on any atom is -0.363 e. The molecule has 0 aromatic heterocycles. The van der Waals surface area contributed by atoms with Crippen molar-refractivity contribution in [2.45, 2.75) is 26.3 Å². The first-order chi connectivity index (χ1) is 4.75. The number of likely N-dealkylation sites (tertiary alicyclic amines) is 1. The number of rotatable bonds is 1. The van der Waals surface area contributed by atoms with Crippen LogP contribution < -0.4 is 5.32 Å². The minimum atomic E-state index is 0.659. The first-order valence-electron chi connectivity index (χ1n) is 3.80. The van der Waals surface area contributed by atoms with Gasteiger partial charge in [-0.2, -0.15) is 0 Å².